The molecule has 3 heterocycles. The minimum atomic E-state index is 0.0202. The molecule has 0 radical (unpaired) electrons. The van der Waals surface area contributed by atoms with Crippen molar-refractivity contribution >= 4 is 11.8 Å². The second-order valence-electron chi connectivity index (χ2n) is 7.79. The van der Waals surface area contributed by atoms with Crippen molar-refractivity contribution in [1.82, 2.24) is 24.5 Å². The van der Waals surface area contributed by atoms with Gasteiger partial charge in [0.2, 0.25) is 5.91 Å². The third-order valence-electron chi connectivity index (χ3n) is 5.61. The fourth-order valence-corrected chi connectivity index (χ4v) is 3.91. The fourth-order valence-electron chi connectivity index (χ4n) is 3.91. The Labute approximate surface area is 149 Å². The maximum atomic E-state index is 12.6. The molecular weight excluding hydrogens is 318 g/mol. The molecule has 7 heteroatoms. The molecule has 138 valence electrons. The van der Waals surface area contributed by atoms with Crippen LogP contribution in [0.25, 0.3) is 0 Å². The van der Waals surface area contributed by atoms with Crippen LogP contribution in [0, 0.1) is 5.41 Å². The van der Waals surface area contributed by atoms with E-state index in [1.807, 2.05) is 30.9 Å². The van der Waals surface area contributed by atoms with Crippen molar-refractivity contribution in [1.29, 1.82) is 0 Å². The third-order valence-corrected chi connectivity index (χ3v) is 5.61. The second kappa shape index (κ2) is 7.15. The minimum absolute atomic E-state index is 0.0202. The number of likely N-dealkylation sites (tertiary alicyclic amines) is 2. The summed E-state index contributed by atoms with van der Waals surface area (Å²) in [5.41, 5.74) is 0.700. The molecule has 1 aromatic heterocycles. The first-order valence-corrected chi connectivity index (χ1v) is 9.10. The molecule has 0 bridgehead atoms. The lowest BCUT2D eigenvalue weighted by Crippen LogP contribution is -2.53. The van der Waals surface area contributed by atoms with E-state index in [2.05, 4.69) is 10.00 Å². The van der Waals surface area contributed by atoms with E-state index in [9.17, 15) is 9.59 Å². The number of rotatable bonds is 4. The van der Waals surface area contributed by atoms with Gasteiger partial charge in [-0.3, -0.25) is 14.3 Å². The predicted octanol–water partition coefficient (Wildman–Crippen LogP) is 0.827. The van der Waals surface area contributed by atoms with Crippen LogP contribution in [0.2, 0.25) is 0 Å². The number of carbonyl (C=O) groups is 2. The summed E-state index contributed by atoms with van der Waals surface area (Å²) in [4.78, 5) is 30.8. The van der Waals surface area contributed by atoms with Gasteiger partial charge in [-0.15, -0.1) is 0 Å². The lowest BCUT2D eigenvalue weighted by Gasteiger charge is -2.47. The van der Waals surface area contributed by atoms with E-state index in [0.29, 0.717) is 12.1 Å². The van der Waals surface area contributed by atoms with Gasteiger partial charge in [-0.1, -0.05) is 0 Å². The molecule has 0 aromatic carbocycles. The lowest BCUT2D eigenvalue weighted by molar-refractivity contribution is -0.139. The molecule has 2 fully saturated rings. The Kier molecular flexibility index (Phi) is 5.13. The van der Waals surface area contributed by atoms with Crippen LogP contribution in [0.3, 0.4) is 0 Å². The van der Waals surface area contributed by atoms with Crippen LogP contribution in [0.4, 0.5) is 0 Å². The van der Waals surface area contributed by atoms with Crippen molar-refractivity contribution in [3.8, 4) is 0 Å². The summed E-state index contributed by atoms with van der Waals surface area (Å²) in [5, 5.41) is 4.22. The van der Waals surface area contributed by atoms with Gasteiger partial charge in [-0.05, 0) is 44.8 Å². The Morgan fingerprint density at radius 2 is 2.00 bits per heavy atom. The molecule has 0 aliphatic carbocycles. The molecule has 0 unspecified atom stereocenters. The summed E-state index contributed by atoms with van der Waals surface area (Å²) in [6.45, 7) is 4.04. The summed E-state index contributed by atoms with van der Waals surface area (Å²) in [7, 11) is 5.89. The van der Waals surface area contributed by atoms with E-state index in [0.717, 1.165) is 52.0 Å². The van der Waals surface area contributed by atoms with Gasteiger partial charge >= 0.3 is 0 Å². The molecule has 2 aliphatic heterocycles. The maximum absolute atomic E-state index is 12.6. The third kappa shape index (κ3) is 4.03. The number of aryl methyl sites for hydroxylation is 1. The molecule has 0 saturated carbocycles. The normalized spacial score (nSPS) is 20.6. The molecule has 2 aliphatic rings. The molecule has 1 aromatic rings. The van der Waals surface area contributed by atoms with E-state index in [1.165, 1.54) is 0 Å². The van der Waals surface area contributed by atoms with Gasteiger partial charge in [0.1, 0.15) is 5.69 Å². The van der Waals surface area contributed by atoms with E-state index < -0.39 is 0 Å². The van der Waals surface area contributed by atoms with Crippen molar-refractivity contribution in [2.45, 2.75) is 25.7 Å². The number of hydrogen-bond donors (Lipinski definition) is 0. The number of piperidine rings is 2. The summed E-state index contributed by atoms with van der Waals surface area (Å²) < 4.78 is 1.66. The quantitative estimate of drug-likeness (QED) is 0.809. The predicted molar refractivity (Wildman–Crippen MR) is 95.1 cm³/mol. The average molecular weight is 347 g/mol. The molecule has 7 nitrogen and oxygen atoms in total. The zero-order valence-corrected chi connectivity index (χ0v) is 15.6. The Morgan fingerprint density at radius 1 is 1.28 bits per heavy atom. The van der Waals surface area contributed by atoms with Gasteiger partial charge in [0, 0.05) is 52.4 Å². The zero-order chi connectivity index (χ0) is 18.0. The number of hydrogen-bond acceptors (Lipinski definition) is 4. The van der Waals surface area contributed by atoms with Crippen molar-refractivity contribution in [3.63, 3.8) is 0 Å². The highest BCUT2D eigenvalue weighted by Crippen LogP contribution is 2.40. The van der Waals surface area contributed by atoms with Gasteiger partial charge in [-0.25, -0.2) is 0 Å². The smallest absolute Gasteiger partial charge is 0.274 e. The first-order valence-electron chi connectivity index (χ1n) is 9.10. The Bertz CT molecular complexity index is 631. The summed E-state index contributed by atoms with van der Waals surface area (Å²) in [5.74, 6) is 0.297. The molecule has 3 rings (SSSR count). The van der Waals surface area contributed by atoms with Crippen LogP contribution in [-0.4, -0.2) is 83.1 Å². The second-order valence-corrected chi connectivity index (χ2v) is 7.79. The molecule has 0 atom stereocenters. The van der Waals surface area contributed by atoms with Gasteiger partial charge in [0.15, 0.2) is 0 Å². The zero-order valence-electron chi connectivity index (χ0n) is 15.6. The topological polar surface area (TPSA) is 61.7 Å². The highest BCUT2D eigenvalue weighted by atomic mass is 16.2. The minimum Gasteiger partial charge on any atom is -0.341 e. The number of carbonyl (C=O) groups excluding carboxylic acids is 2. The SMILES string of the molecule is CN(C)CCN1CC2(CCC1=O)CCN(C(=O)c1ccn(C)n1)CC2. The van der Waals surface area contributed by atoms with E-state index in [4.69, 9.17) is 0 Å². The maximum Gasteiger partial charge on any atom is 0.274 e. The fraction of sp³-hybridized carbons (Fsp3) is 0.722. The monoisotopic (exact) mass is 347 g/mol. The molecule has 2 amide bonds. The highest BCUT2D eigenvalue weighted by Gasteiger charge is 2.41. The Morgan fingerprint density at radius 3 is 2.60 bits per heavy atom. The van der Waals surface area contributed by atoms with Crippen molar-refractivity contribution in [2.75, 3.05) is 46.8 Å². The van der Waals surface area contributed by atoms with Crippen LogP contribution >= 0.6 is 0 Å². The van der Waals surface area contributed by atoms with E-state index >= 15 is 0 Å². The van der Waals surface area contributed by atoms with Crippen LogP contribution in [-0.2, 0) is 11.8 Å². The number of aromatic nitrogens is 2. The molecule has 25 heavy (non-hydrogen) atoms. The highest BCUT2D eigenvalue weighted by molar-refractivity contribution is 5.92. The largest absolute Gasteiger partial charge is 0.341 e. The van der Waals surface area contributed by atoms with Crippen LogP contribution in [0.15, 0.2) is 12.3 Å². The molecule has 0 N–H and O–H groups in total. The molecule has 1 spiro atoms. The van der Waals surface area contributed by atoms with Crippen LogP contribution in [0.1, 0.15) is 36.2 Å². The van der Waals surface area contributed by atoms with Gasteiger partial charge in [0.25, 0.3) is 5.91 Å². The van der Waals surface area contributed by atoms with Crippen molar-refractivity contribution in [3.05, 3.63) is 18.0 Å². The standard InChI is InChI=1S/C18H29N5O2/c1-20(2)12-13-23-14-18(6-4-16(23)24)7-10-22(11-8-18)17(25)15-5-9-21(3)19-15/h5,9H,4,6-8,10-14H2,1-3H3. The average Bonchev–Trinajstić information content (AvgIpc) is 3.02. The molecular formula is C18H29N5O2. The van der Waals surface area contributed by atoms with Gasteiger partial charge in [0.05, 0.1) is 0 Å². The van der Waals surface area contributed by atoms with Crippen molar-refractivity contribution in [2.24, 2.45) is 12.5 Å². The first-order chi connectivity index (χ1) is 11.9. The number of nitrogens with zero attached hydrogens (tertiary/aromatic N) is 5. The Hall–Kier alpha value is -1.89. The van der Waals surface area contributed by atoms with Gasteiger partial charge in [-0.2, -0.15) is 5.10 Å². The van der Waals surface area contributed by atoms with Gasteiger partial charge < -0.3 is 14.7 Å². The van der Waals surface area contributed by atoms with E-state index in [-0.39, 0.29) is 17.2 Å². The molecule has 2 saturated heterocycles. The summed E-state index contributed by atoms with van der Waals surface area (Å²) in [6.07, 6.45) is 5.33. The summed E-state index contributed by atoms with van der Waals surface area (Å²) in [6, 6.07) is 1.77. The van der Waals surface area contributed by atoms with Crippen LogP contribution in [0.5, 0.6) is 0 Å². The van der Waals surface area contributed by atoms with Crippen molar-refractivity contribution < 1.29 is 9.59 Å². The Balaban J connectivity index is 1.58. The first kappa shape index (κ1) is 17.9. The van der Waals surface area contributed by atoms with Crippen LogP contribution < -0.4 is 0 Å². The number of likely N-dealkylation sites (N-methyl/N-ethyl adjacent to an activating group) is 1. The van der Waals surface area contributed by atoms with E-state index in [1.54, 1.807) is 16.9 Å². The number of amides is 2. The summed E-state index contributed by atoms with van der Waals surface area (Å²) >= 11 is 0. The lowest BCUT2D eigenvalue weighted by atomic mass is 9.72.